The highest BCUT2D eigenvalue weighted by molar-refractivity contribution is 5.78. The number of rotatable bonds is 3. The Morgan fingerprint density at radius 2 is 1.84 bits per heavy atom. The molecule has 2 N–H and O–H groups in total. The second kappa shape index (κ2) is 5.90. The Hall–Kier alpha value is -1.10. The van der Waals surface area contributed by atoms with Crippen molar-refractivity contribution in [2.75, 3.05) is 20.2 Å². The highest BCUT2D eigenvalue weighted by atomic mass is 16.5. The molecular formula is C14H24N2O3. The summed E-state index contributed by atoms with van der Waals surface area (Å²) in [4.78, 5) is 25.5. The van der Waals surface area contributed by atoms with Gasteiger partial charge in [-0.25, -0.2) is 0 Å². The van der Waals surface area contributed by atoms with Gasteiger partial charge in [-0.15, -0.1) is 0 Å². The van der Waals surface area contributed by atoms with Crippen molar-refractivity contribution in [1.82, 2.24) is 4.90 Å². The number of hydrogen-bond acceptors (Lipinski definition) is 4. The molecule has 1 saturated heterocycles. The summed E-state index contributed by atoms with van der Waals surface area (Å²) >= 11 is 0. The van der Waals surface area contributed by atoms with Gasteiger partial charge in [-0.3, -0.25) is 9.59 Å². The molecule has 1 heterocycles. The number of carbonyl (C=O) groups excluding carboxylic acids is 2. The van der Waals surface area contributed by atoms with Gasteiger partial charge in [0, 0.05) is 25.0 Å². The minimum Gasteiger partial charge on any atom is -0.469 e. The molecule has 1 aliphatic heterocycles. The first-order chi connectivity index (χ1) is 9.04. The van der Waals surface area contributed by atoms with E-state index >= 15 is 0 Å². The molecule has 0 aromatic carbocycles. The molecule has 1 saturated carbocycles. The van der Waals surface area contributed by atoms with Crippen LogP contribution >= 0.6 is 0 Å². The average molecular weight is 268 g/mol. The fraction of sp³-hybridized carbons (Fsp3) is 0.857. The quantitative estimate of drug-likeness (QED) is 0.777. The molecule has 0 bridgehead atoms. The summed E-state index contributed by atoms with van der Waals surface area (Å²) in [5.74, 6) is -0.0572. The number of hydrogen-bond donors (Lipinski definition) is 1. The summed E-state index contributed by atoms with van der Waals surface area (Å²) in [5, 5.41) is 0. The van der Waals surface area contributed by atoms with Gasteiger partial charge < -0.3 is 15.4 Å². The first-order valence-corrected chi connectivity index (χ1v) is 7.18. The highest BCUT2D eigenvalue weighted by Gasteiger charge is 2.35. The van der Waals surface area contributed by atoms with Gasteiger partial charge in [0.1, 0.15) is 0 Å². The zero-order chi connectivity index (χ0) is 13.9. The van der Waals surface area contributed by atoms with Crippen LogP contribution in [0.15, 0.2) is 0 Å². The molecule has 0 aromatic heterocycles. The molecule has 2 rings (SSSR count). The van der Waals surface area contributed by atoms with Crippen LogP contribution < -0.4 is 5.73 Å². The molecule has 0 spiro atoms. The van der Waals surface area contributed by atoms with Crippen LogP contribution in [-0.2, 0) is 14.3 Å². The SMILES string of the molecule is COC(=O)C1CCN(C(=O)CC2(N)CCCC2)CC1. The van der Waals surface area contributed by atoms with Crippen LogP contribution in [-0.4, -0.2) is 42.5 Å². The molecule has 2 aliphatic rings. The minimum atomic E-state index is -0.281. The second-order valence-electron chi connectivity index (χ2n) is 5.92. The van der Waals surface area contributed by atoms with E-state index in [-0.39, 0.29) is 23.3 Å². The molecule has 5 heteroatoms. The Labute approximate surface area is 114 Å². The van der Waals surface area contributed by atoms with Gasteiger partial charge in [0.25, 0.3) is 0 Å². The number of carbonyl (C=O) groups is 2. The average Bonchev–Trinajstić information content (AvgIpc) is 2.84. The topological polar surface area (TPSA) is 72.6 Å². The van der Waals surface area contributed by atoms with Crippen LogP contribution in [0.2, 0.25) is 0 Å². The highest BCUT2D eigenvalue weighted by Crippen LogP contribution is 2.31. The number of amides is 1. The molecule has 2 fully saturated rings. The van der Waals surface area contributed by atoms with Gasteiger partial charge in [-0.2, -0.15) is 0 Å². The van der Waals surface area contributed by atoms with E-state index in [4.69, 9.17) is 10.5 Å². The molecule has 0 unspecified atom stereocenters. The number of nitrogens with zero attached hydrogens (tertiary/aromatic N) is 1. The van der Waals surface area contributed by atoms with Crippen molar-refractivity contribution in [2.24, 2.45) is 11.7 Å². The van der Waals surface area contributed by atoms with Gasteiger partial charge in [0.05, 0.1) is 13.0 Å². The van der Waals surface area contributed by atoms with Gasteiger partial charge >= 0.3 is 5.97 Å². The van der Waals surface area contributed by atoms with Crippen LogP contribution in [0.5, 0.6) is 0 Å². The number of ether oxygens (including phenoxy) is 1. The van der Waals surface area contributed by atoms with Crippen molar-refractivity contribution >= 4 is 11.9 Å². The van der Waals surface area contributed by atoms with Crippen molar-refractivity contribution in [3.8, 4) is 0 Å². The number of nitrogens with two attached hydrogens (primary N) is 1. The smallest absolute Gasteiger partial charge is 0.308 e. The van der Waals surface area contributed by atoms with E-state index in [1.54, 1.807) is 0 Å². The van der Waals surface area contributed by atoms with E-state index < -0.39 is 0 Å². The summed E-state index contributed by atoms with van der Waals surface area (Å²) in [6, 6.07) is 0. The molecule has 0 radical (unpaired) electrons. The summed E-state index contributed by atoms with van der Waals surface area (Å²) < 4.78 is 4.75. The lowest BCUT2D eigenvalue weighted by molar-refractivity contribution is -0.149. The standard InChI is InChI=1S/C14H24N2O3/c1-19-13(18)11-4-8-16(9-5-11)12(17)10-14(15)6-2-3-7-14/h11H,2-10,15H2,1H3. The maximum atomic E-state index is 12.2. The molecular weight excluding hydrogens is 244 g/mol. The molecule has 5 nitrogen and oxygen atoms in total. The van der Waals surface area contributed by atoms with Crippen molar-refractivity contribution in [3.05, 3.63) is 0 Å². The first-order valence-electron chi connectivity index (χ1n) is 7.18. The summed E-state index contributed by atoms with van der Waals surface area (Å²) in [6.45, 7) is 1.30. The number of piperidine rings is 1. The second-order valence-corrected chi connectivity index (χ2v) is 5.92. The lowest BCUT2D eigenvalue weighted by atomic mass is 9.92. The fourth-order valence-corrected chi connectivity index (χ4v) is 3.20. The molecule has 0 aromatic rings. The Morgan fingerprint density at radius 3 is 2.37 bits per heavy atom. The van der Waals surface area contributed by atoms with Gasteiger partial charge in [-0.05, 0) is 25.7 Å². The van der Waals surface area contributed by atoms with E-state index in [2.05, 4.69) is 0 Å². The van der Waals surface area contributed by atoms with E-state index in [0.717, 1.165) is 25.7 Å². The Kier molecular flexibility index (Phi) is 4.45. The van der Waals surface area contributed by atoms with Crippen molar-refractivity contribution in [1.29, 1.82) is 0 Å². The van der Waals surface area contributed by atoms with Crippen LogP contribution in [0.3, 0.4) is 0 Å². The van der Waals surface area contributed by atoms with Crippen molar-refractivity contribution in [3.63, 3.8) is 0 Å². The van der Waals surface area contributed by atoms with Gasteiger partial charge in [-0.1, -0.05) is 12.8 Å². The van der Waals surface area contributed by atoms with E-state index in [1.807, 2.05) is 4.90 Å². The minimum absolute atomic E-state index is 0.0487. The van der Waals surface area contributed by atoms with Crippen LogP contribution in [0.1, 0.15) is 44.9 Å². The van der Waals surface area contributed by atoms with Crippen molar-refractivity contribution in [2.45, 2.75) is 50.5 Å². The van der Waals surface area contributed by atoms with E-state index in [9.17, 15) is 9.59 Å². The Bertz CT molecular complexity index is 343. The van der Waals surface area contributed by atoms with E-state index in [0.29, 0.717) is 32.4 Å². The monoisotopic (exact) mass is 268 g/mol. The van der Waals surface area contributed by atoms with Crippen LogP contribution in [0, 0.1) is 5.92 Å². The third-order valence-corrected chi connectivity index (χ3v) is 4.48. The van der Waals surface area contributed by atoms with Crippen LogP contribution in [0.4, 0.5) is 0 Å². The molecule has 0 atom stereocenters. The molecule has 1 amide bonds. The maximum Gasteiger partial charge on any atom is 0.308 e. The Morgan fingerprint density at radius 1 is 1.26 bits per heavy atom. The number of likely N-dealkylation sites (tertiary alicyclic amines) is 1. The zero-order valence-corrected chi connectivity index (χ0v) is 11.7. The maximum absolute atomic E-state index is 12.2. The third kappa shape index (κ3) is 3.47. The van der Waals surface area contributed by atoms with Crippen molar-refractivity contribution < 1.29 is 14.3 Å². The predicted octanol–water partition coefficient (Wildman–Crippen LogP) is 1.06. The summed E-state index contributed by atoms with van der Waals surface area (Å²) in [6.07, 6.45) is 6.04. The molecule has 1 aliphatic carbocycles. The predicted molar refractivity (Wildman–Crippen MR) is 71.3 cm³/mol. The lowest BCUT2D eigenvalue weighted by Crippen LogP contribution is -2.46. The summed E-state index contributed by atoms with van der Waals surface area (Å²) in [5.41, 5.74) is 5.96. The zero-order valence-electron chi connectivity index (χ0n) is 11.7. The number of methoxy groups -OCH3 is 1. The van der Waals surface area contributed by atoms with Gasteiger partial charge in [0.15, 0.2) is 0 Å². The third-order valence-electron chi connectivity index (χ3n) is 4.48. The Balaban J connectivity index is 1.81. The largest absolute Gasteiger partial charge is 0.469 e. The van der Waals surface area contributed by atoms with E-state index in [1.165, 1.54) is 7.11 Å². The normalized spacial score (nSPS) is 23.4. The van der Waals surface area contributed by atoms with Crippen LogP contribution in [0.25, 0.3) is 0 Å². The fourth-order valence-electron chi connectivity index (χ4n) is 3.20. The summed E-state index contributed by atoms with van der Waals surface area (Å²) in [7, 11) is 1.41. The molecule has 19 heavy (non-hydrogen) atoms. The van der Waals surface area contributed by atoms with Gasteiger partial charge in [0.2, 0.25) is 5.91 Å². The number of esters is 1. The lowest BCUT2D eigenvalue weighted by Gasteiger charge is -2.33. The first kappa shape index (κ1) is 14.3. The molecule has 108 valence electrons.